The van der Waals surface area contributed by atoms with Crippen LogP contribution < -0.4 is 0 Å². The number of esters is 1. The first-order chi connectivity index (χ1) is 12.0. The lowest BCUT2D eigenvalue weighted by Gasteiger charge is -2.01. The first-order valence-electron chi connectivity index (χ1n) is 6.95. The summed E-state index contributed by atoms with van der Waals surface area (Å²) in [7, 11) is 0. The number of non-ortho nitro benzene ring substituents is 1. The van der Waals surface area contributed by atoms with Crippen molar-refractivity contribution in [1.29, 1.82) is 0 Å². The molecule has 124 valence electrons. The maximum atomic E-state index is 12.1. The van der Waals surface area contributed by atoms with E-state index in [9.17, 15) is 14.9 Å². The van der Waals surface area contributed by atoms with Crippen molar-refractivity contribution in [2.75, 3.05) is 6.61 Å². The Bertz CT molecular complexity index is 1020. The third-order valence-corrected chi connectivity index (χ3v) is 3.54. The van der Waals surface area contributed by atoms with E-state index in [0.717, 1.165) is 6.07 Å². The Kier molecular flexibility index (Phi) is 4.37. The van der Waals surface area contributed by atoms with Crippen LogP contribution in [0.4, 0.5) is 5.69 Å². The molecule has 25 heavy (non-hydrogen) atoms. The number of aromatic nitrogens is 1. The lowest BCUT2D eigenvalue weighted by atomic mass is 10.1. The molecule has 0 spiro atoms. The van der Waals surface area contributed by atoms with E-state index in [-0.39, 0.29) is 34.8 Å². The van der Waals surface area contributed by atoms with Gasteiger partial charge < -0.3 is 9.15 Å². The van der Waals surface area contributed by atoms with Crippen molar-refractivity contribution < 1.29 is 18.9 Å². The van der Waals surface area contributed by atoms with E-state index in [1.807, 2.05) is 0 Å². The quantitative estimate of drug-likeness (QED) is 0.305. The number of carbonyl (C=O) groups excluding carboxylic acids is 1. The Hall–Kier alpha value is -3.37. The van der Waals surface area contributed by atoms with Gasteiger partial charge in [0.25, 0.3) is 5.69 Å². The lowest BCUT2D eigenvalue weighted by molar-refractivity contribution is -0.384. The van der Waals surface area contributed by atoms with Crippen LogP contribution >= 0.6 is 11.6 Å². The molecular formula is C17H9ClN2O5. The highest BCUT2D eigenvalue weighted by atomic mass is 35.5. The second kappa shape index (κ2) is 6.63. The fourth-order valence-corrected chi connectivity index (χ4v) is 2.30. The van der Waals surface area contributed by atoms with Crippen molar-refractivity contribution >= 4 is 34.4 Å². The number of nitro groups is 1. The summed E-state index contributed by atoms with van der Waals surface area (Å²) in [4.78, 5) is 26.8. The van der Waals surface area contributed by atoms with Gasteiger partial charge in [-0.2, -0.15) is 0 Å². The number of carbonyl (C=O) groups is 1. The predicted octanol–water partition coefficient (Wildman–Crippen LogP) is 3.85. The van der Waals surface area contributed by atoms with E-state index in [0.29, 0.717) is 10.6 Å². The Morgan fingerprint density at radius 3 is 2.72 bits per heavy atom. The van der Waals surface area contributed by atoms with Gasteiger partial charge in [-0.05, 0) is 24.3 Å². The van der Waals surface area contributed by atoms with E-state index in [1.165, 1.54) is 6.07 Å². The number of nitro benzene ring substituents is 1. The molecule has 0 aliphatic heterocycles. The fourth-order valence-electron chi connectivity index (χ4n) is 2.18. The average molecular weight is 357 g/mol. The number of oxazole rings is 1. The molecule has 0 radical (unpaired) electrons. The van der Waals surface area contributed by atoms with Crippen LogP contribution in [-0.2, 0) is 4.74 Å². The number of terminal acetylenes is 1. The largest absolute Gasteiger partial charge is 0.449 e. The lowest BCUT2D eigenvalue weighted by Crippen LogP contribution is -2.06. The Morgan fingerprint density at radius 2 is 2.08 bits per heavy atom. The van der Waals surface area contributed by atoms with Gasteiger partial charge in [0.1, 0.15) is 11.1 Å². The number of rotatable bonds is 4. The van der Waals surface area contributed by atoms with E-state index in [2.05, 4.69) is 10.9 Å². The van der Waals surface area contributed by atoms with Gasteiger partial charge in [0.2, 0.25) is 5.89 Å². The molecule has 3 rings (SSSR count). The van der Waals surface area contributed by atoms with Gasteiger partial charge in [-0.3, -0.25) is 10.1 Å². The number of nitrogens with zero attached hydrogens (tertiary/aromatic N) is 2. The molecule has 0 saturated carbocycles. The zero-order valence-electron chi connectivity index (χ0n) is 12.6. The zero-order valence-corrected chi connectivity index (χ0v) is 13.3. The second-order valence-electron chi connectivity index (χ2n) is 4.90. The highest BCUT2D eigenvalue weighted by Crippen LogP contribution is 2.31. The maximum Gasteiger partial charge on any atom is 0.343 e. The number of ether oxygens (including phenoxy) is 1. The van der Waals surface area contributed by atoms with Crippen molar-refractivity contribution in [3.8, 4) is 23.8 Å². The number of halogens is 1. The van der Waals surface area contributed by atoms with Crippen molar-refractivity contribution in [2.45, 2.75) is 0 Å². The van der Waals surface area contributed by atoms with E-state index in [1.54, 1.807) is 24.3 Å². The third kappa shape index (κ3) is 3.29. The fraction of sp³-hybridized carbons (Fsp3) is 0.0588. The predicted molar refractivity (Wildman–Crippen MR) is 90.2 cm³/mol. The third-order valence-electron chi connectivity index (χ3n) is 3.28. The molecule has 0 atom stereocenters. The smallest absolute Gasteiger partial charge is 0.343 e. The van der Waals surface area contributed by atoms with Gasteiger partial charge in [0, 0.05) is 22.7 Å². The van der Waals surface area contributed by atoms with Crippen LogP contribution in [0.15, 0.2) is 40.8 Å². The summed E-state index contributed by atoms with van der Waals surface area (Å²) in [6, 6.07) is 8.94. The summed E-state index contributed by atoms with van der Waals surface area (Å²) in [6.07, 6.45) is 5.06. The Balaban J connectivity index is 2.16. The molecule has 3 aromatic rings. The van der Waals surface area contributed by atoms with Crippen LogP contribution in [0.2, 0.25) is 5.02 Å². The molecule has 7 nitrogen and oxygen atoms in total. The number of hydrogen-bond acceptors (Lipinski definition) is 6. The van der Waals surface area contributed by atoms with Crippen molar-refractivity contribution in [1.82, 2.24) is 4.98 Å². The van der Waals surface area contributed by atoms with E-state index >= 15 is 0 Å². The zero-order chi connectivity index (χ0) is 18.0. The SMILES string of the molecule is C#CCOC(=O)c1cc([N+](=O)[O-])cc2nc(-c3ccc(Cl)cc3)oc12. The highest BCUT2D eigenvalue weighted by molar-refractivity contribution is 6.30. The Morgan fingerprint density at radius 1 is 1.36 bits per heavy atom. The van der Waals surface area contributed by atoms with Crippen molar-refractivity contribution in [2.24, 2.45) is 0 Å². The minimum atomic E-state index is -0.828. The monoisotopic (exact) mass is 356 g/mol. The summed E-state index contributed by atoms with van der Waals surface area (Å²) >= 11 is 5.85. The normalized spacial score (nSPS) is 10.4. The molecule has 0 aliphatic rings. The first kappa shape index (κ1) is 16.5. The van der Waals surface area contributed by atoms with Crippen LogP contribution in [0.1, 0.15) is 10.4 Å². The number of fused-ring (bicyclic) bond motifs is 1. The minimum absolute atomic E-state index is 0.0811. The van der Waals surface area contributed by atoms with Gasteiger partial charge >= 0.3 is 5.97 Å². The van der Waals surface area contributed by atoms with Gasteiger partial charge in [-0.1, -0.05) is 17.5 Å². The van der Waals surface area contributed by atoms with Crippen LogP contribution in [0.3, 0.4) is 0 Å². The van der Waals surface area contributed by atoms with Crippen molar-refractivity contribution in [3.63, 3.8) is 0 Å². The highest BCUT2D eigenvalue weighted by Gasteiger charge is 2.23. The molecule has 0 bridgehead atoms. The molecule has 0 unspecified atom stereocenters. The molecule has 2 aromatic carbocycles. The summed E-state index contributed by atoms with van der Waals surface area (Å²) in [5.41, 5.74) is 0.416. The molecule has 1 heterocycles. The van der Waals surface area contributed by atoms with E-state index < -0.39 is 10.9 Å². The standard InChI is InChI=1S/C17H9ClN2O5/c1-2-7-24-17(21)13-8-12(20(22)23)9-14-15(13)25-16(19-14)10-3-5-11(18)6-4-10/h1,3-6,8-9H,7H2. The van der Waals surface area contributed by atoms with Crippen LogP contribution in [0, 0.1) is 22.5 Å². The first-order valence-corrected chi connectivity index (χ1v) is 7.33. The summed E-state index contributed by atoms with van der Waals surface area (Å²) in [6.45, 7) is -0.263. The van der Waals surface area contributed by atoms with Gasteiger partial charge in [-0.25, -0.2) is 9.78 Å². The second-order valence-corrected chi connectivity index (χ2v) is 5.34. The van der Waals surface area contributed by atoms with Crippen molar-refractivity contribution in [3.05, 3.63) is 57.1 Å². The average Bonchev–Trinajstić information content (AvgIpc) is 3.03. The Labute approximate surface area is 146 Å². The number of benzene rings is 2. The molecular weight excluding hydrogens is 348 g/mol. The summed E-state index contributed by atoms with van der Waals surface area (Å²) in [5, 5.41) is 11.6. The van der Waals surface area contributed by atoms with Gasteiger partial charge in [0.05, 0.1) is 4.92 Å². The molecule has 0 saturated heterocycles. The van der Waals surface area contributed by atoms with Crippen LogP contribution in [-0.4, -0.2) is 22.5 Å². The molecule has 8 heteroatoms. The summed E-state index contributed by atoms with van der Waals surface area (Å²) in [5.74, 6) is 1.52. The molecule has 0 aliphatic carbocycles. The minimum Gasteiger partial charge on any atom is -0.449 e. The molecule has 0 N–H and O–H groups in total. The topological polar surface area (TPSA) is 95.5 Å². The van der Waals surface area contributed by atoms with Gasteiger partial charge in [-0.15, -0.1) is 6.42 Å². The summed E-state index contributed by atoms with van der Waals surface area (Å²) < 4.78 is 10.5. The molecule has 0 amide bonds. The molecule has 0 fully saturated rings. The number of hydrogen-bond donors (Lipinski definition) is 0. The maximum absolute atomic E-state index is 12.1. The van der Waals surface area contributed by atoms with Crippen LogP contribution in [0.25, 0.3) is 22.6 Å². The molecule has 1 aromatic heterocycles. The van der Waals surface area contributed by atoms with Gasteiger partial charge in [0.15, 0.2) is 12.2 Å². The van der Waals surface area contributed by atoms with E-state index in [4.69, 9.17) is 27.2 Å². The van der Waals surface area contributed by atoms with Crippen LogP contribution in [0.5, 0.6) is 0 Å².